The third kappa shape index (κ3) is 2.68. The number of hydrogen-bond acceptors (Lipinski definition) is 6. The van der Waals surface area contributed by atoms with Gasteiger partial charge in [0.2, 0.25) is 0 Å². The van der Waals surface area contributed by atoms with Crippen LogP contribution in [0.3, 0.4) is 0 Å². The van der Waals surface area contributed by atoms with E-state index in [1.165, 1.54) is 18.1 Å². The van der Waals surface area contributed by atoms with Crippen molar-refractivity contribution >= 4 is 28.8 Å². The molecule has 2 aliphatic heterocycles. The van der Waals surface area contributed by atoms with Gasteiger partial charge in [0.05, 0.1) is 19.2 Å². The highest BCUT2D eigenvalue weighted by Gasteiger charge is 2.53. The molecule has 158 valence electrons. The number of carbonyl (C=O) groups is 3. The van der Waals surface area contributed by atoms with Crippen molar-refractivity contribution in [2.75, 3.05) is 13.7 Å². The molecular formula is C21H17FN4O5. The summed E-state index contributed by atoms with van der Waals surface area (Å²) in [6.07, 6.45) is 1.57. The molecule has 1 fully saturated rings. The molecule has 1 saturated heterocycles. The molecule has 0 unspecified atom stereocenters. The van der Waals surface area contributed by atoms with Gasteiger partial charge in [0.15, 0.2) is 17.1 Å². The molecule has 0 spiro atoms. The van der Waals surface area contributed by atoms with Crippen LogP contribution in [-0.4, -0.2) is 41.4 Å². The SMILES string of the molecule is COc1ccc2c(c1F)C(=O)N(C[C@@]1(c3cc4c(C)nccc4o3)NC(=O)NC1=O)C2. The van der Waals surface area contributed by atoms with E-state index in [2.05, 4.69) is 15.6 Å². The first-order valence-electron chi connectivity index (χ1n) is 9.48. The number of nitrogens with zero attached hydrogens (tertiary/aromatic N) is 2. The predicted molar refractivity (Wildman–Crippen MR) is 105 cm³/mol. The molecule has 0 bridgehead atoms. The van der Waals surface area contributed by atoms with Crippen LogP contribution in [0.2, 0.25) is 0 Å². The number of furan rings is 1. The number of nitrogens with one attached hydrogen (secondary N) is 2. The second-order valence-corrected chi connectivity index (χ2v) is 7.51. The van der Waals surface area contributed by atoms with Gasteiger partial charge >= 0.3 is 6.03 Å². The van der Waals surface area contributed by atoms with Crippen LogP contribution < -0.4 is 15.4 Å². The Kier molecular flexibility index (Phi) is 4.01. The lowest BCUT2D eigenvalue weighted by molar-refractivity contribution is -0.125. The number of benzene rings is 1. The van der Waals surface area contributed by atoms with Gasteiger partial charge in [-0.3, -0.25) is 19.9 Å². The summed E-state index contributed by atoms with van der Waals surface area (Å²) < 4.78 is 25.6. The summed E-state index contributed by atoms with van der Waals surface area (Å²) in [5.74, 6) is -1.91. The summed E-state index contributed by atoms with van der Waals surface area (Å²) in [4.78, 5) is 43.5. The summed E-state index contributed by atoms with van der Waals surface area (Å²) in [5, 5.41) is 5.49. The molecule has 2 aliphatic rings. The average Bonchev–Trinajstić information content (AvgIpc) is 3.38. The maximum Gasteiger partial charge on any atom is 0.322 e. The molecule has 1 aromatic carbocycles. The number of carbonyl (C=O) groups excluding carboxylic acids is 3. The van der Waals surface area contributed by atoms with Crippen molar-refractivity contribution in [3.05, 3.63) is 58.9 Å². The topological polar surface area (TPSA) is 114 Å². The van der Waals surface area contributed by atoms with E-state index in [0.717, 1.165) is 0 Å². The van der Waals surface area contributed by atoms with Crippen molar-refractivity contribution in [3.8, 4) is 5.75 Å². The van der Waals surface area contributed by atoms with Gasteiger partial charge in [0.1, 0.15) is 11.3 Å². The normalized spacial score (nSPS) is 20.2. The van der Waals surface area contributed by atoms with Gasteiger partial charge in [-0.2, -0.15) is 0 Å². The van der Waals surface area contributed by atoms with Crippen LogP contribution in [0.25, 0.3) is 11.0 Å². The van der Waals surface area contributed by atoms with E-state index in [4.69, 9.17) is 9.15 Å². The molecule has 31 heavy (non-hydrogen) atoms. The third-order valence-electron chi connectivity index (χ3n) is 5.71. The Morgan fingerprint density at radius 2 is 2.10 bits per heavy atom. The van der Waals surface area contributed by atoms with Crippen molar-refractivity contribution in [2.45, 2.75) is 19.0 Å². The van der Waals surface area contributed by atoms with Crippen LogP contribution >= 0.6 is 0 Å². The fraction of sp³-hybridized carbons (Fsp3) is 0.238. The highest BCUT2D eigenvalue weighted by molar-refractivity contribution is 6.08. The molecule has 4 heterocycles. The second-order valence-electron chi connectivity index (χ2n) is 7.51. The maximum absolute atomic E-state index is 14.7. The first-order chi connectivity index (χ1) is 14.8. The van der Waals surface area contributed by atoms with Crippen LogP contribution in [0.1, 0.15) is 27.4 Å². The number of ether oxygens (including phenoxy) is 1. The number of pyridine rings is 1. The monoisotopic (exact) mass is 424 g/mol. The van der Waals surface area contributed by atoms with Crippen LogP contribution in [0, 0.1) is 12.7 Å². The van der Waals surface area contributed by atoms with Crippen LogP contribution in [0.4, 0.5) is 9.18 Å². The summed E-state index contributed by atoms with van der Waals surface area (Å²) in [7, 11) is 1.31. The summed E-state index contributed by atoms with van der Waals surface area (Å²) in [6, 6.07) is 5.61. The van der Waals surface area contributed by atoms with E-state index in [-0.39, 0.29) is 30.2 Å². The van der Waals surface area contributed by atoms with Crippen molar-refractivity contribution in [1.29, 1.82) is 0 Å². The molecule has 0 radical (unpaired) electrons. The molecule has 2 aromatic heterocycles. The standard InChI is InChI=1S/C21H17FN4O5/c1-10-12-7-15(31-13(12)5-6-23-10)21(19(28)24-20(29)25-21)9-26-8-11-3-4-14(30-2)17(22)16(11)18(26)27/h3-7H,8-9H2,1-2H3,(H2,24,25,28,29)/t21-/m0/s1. The molecule has 5 rings (SSSR count). The Balaban J connectivity index is 1.57. The number of aromatic nitrogens is 1. The molecule has 4 amide bonds. The maximum atomic E-state index is 14.7. The van der Waals surface area contributed by atoms with E-state index >= 15 is 0 Å². The van der Waals surface area contributed by atoms with Crippen LogP contribution in [-0.2, 0) is 16.9 Å². The Bertz CT molecular complexity index is 1290. The Labute approximate surface area is 175 Å². The van der Waals surface area contributed by atoms with E-state index < -0.39 is 29.2 Å². The number of rotatable bonds is 4. The Morgan fingerprint density at radius 1 is 1.29 bits per heavy atom. The van der Waals surface area contributed by atoms with Crippen LogP contribution in [0.5, 0.6) is 5.75 Å². The fourth-order valence-electron chi connectivity index (χ4n) is 4.13. The third-order valence-corrected chi connectivity index (χ3v) is 5.71. The first-order valence-corrected chi connectivity index (χ1v) is 9.48. The van der Waals surface area contributed by atoms with Gasteiger partial charge in [-0.25, -0.2) is 9.18 Å². The molecule has 10 heteroatoms. The highest BCUT2D eigenvalue weighted by atomic mass is 19.1. The zero-order valence-electron chi connectivity index (χ0n) is 16.6. The van der Waals surface area contributed by atoms with Gasteiger partial charge in [-0.15, -0.1) is 0 Å². The van der Waals surface area contributed by atoms with Crippen molar-refractivity contribution in [1.82, 2.24) is 20.5 Å². The van der Waals surface area contributed by atoms with E-state index in [1.807, 2.05) is 0 Å². The summed E-state index contributed by atoms with van der Waals surface area (Å²) in [6.45, 7) is 1.62. The Hall–Kier alpha value is -3.95. The molecule has 0 saturated carbocycles. The largest absolute Gasteiger partial charge is 0.494 e. The summed E-state index contributed by atoms with van der Waals surface area (Å²) >= 11 is 0. The number of aryl methyl sites for hydroxylation is 1. The smallest absolute Gasteiger partial charge is 0.322 e. The van der Waals surface area contributed by atoms with E-state index in [9.17, 15) is 18.8 Å². The second kappa shape index (κ2) is 6.53. The number of urea groups is 1. The zero-order chi connectivity index (χ0) is 21.9. The van der Waals surface area contributed by atoms with Gasteiger partial charge in [-0.05, 0) is 30.7 Å². The number of methoxy groups -OCH3 is 1. The van der Waals surface area contributed by atoms with Crippen LogP contribution in [0.15, 0.2) is 34.9 Å². The number of fused-ring (bicyclic) bond motifs is 2. The number of halogens is 1. The van der Waals surface area contributed by atoms with Gasteiger partial charge in [-0.1, -0.05) is 6.07 Å². The quantitative estimate of drug-likeness (QED) is 0.619. The minimum atomic E-state index is -1.67. The van der Waals surface area contributed by atoms with E-state index in [1.54, 1.807) is 31.3 Å². The number of imide groups is 1. The molecule has 9 nitrogen and oxygen atoms in total. The van der Waals surface area contributed by atoms with E-state index in [0.29, 0.717) is 22.2 Å². The Morgan fingerprint density at radius 3 is 2.77 bits per heavy atom. The molecule has 1 atom stereocenters. The predicted octanol–water partition coefficient (Wildman–Crippen LogP) is 1.97. The first kappa shape index (κ1) is 19.0. The van der Waals surface area contributed by atoms with Crippen molar-refractivity contribution in [2.24, 2.45) is 0 Å². The highest BCUT2D eigenvalue weighted by Crippen LogP contribution is 2.36. The molecular weight excluding hydrogens is 407 g/mol. The van der Waals surface area contributed by atoms with Crippen molar-refractivity contribution < 1.29 is 27.9 Å². The zero-order valence-corrected chi connectivity index (χ0v) is 16.6. The molecule has 0 aliphatic carbocycles. The minimum Gasteiger partial charge on any atom is -0.494 e. The molecule has 2 N–H and O–H groups in total. The minimum absolute atomic E-state index is 0.0455. The van der Waals surface area contributed by atoms with Gasteiger partial charge < -0.3 is 19.4 Å². The fourth-order valence-corrected chi connectivity index (χ4v) is 4.13. The number of amides is 4. The average molecular weight is 424 g/mol. The lowest BCUT2D eigenvalue weighted by Crippen LogP contribution is -2.52. The van der Waals surface area contributed by atoms with Gasteiger partial charge in [0, 0.05) is 23.8 Å². The lowest BCUT2D eigenvalue weighted by Gasteiger charge is -2.29. The number of hydrogen-bond donors (Lipinski definition) is 2. The molecule has 3 aromatic rings. The van der Waals surface area contributed by atoms with Gasteiger partial charge in [0.25, 0.3) is 11.8 Å². The van der Waals surface area contributed by atoms with Crippen molar-refractivity contribution in [3.63, 3.8) is 0 Å². The lowest BCUT2D eigenvalue weighted by atomic mass is 9.95. The summed E-state index contributed by atoms with van der Waals surface area (Å²) in [5.41, 5.74) is -0.133.